The monoisotopic (exact) mass is 1250 g/mol. The SMILES string of the molecule is CO[C@H]1C(OP(=O)([O-])OC[C@H]2O[C@@H](n3cnc4c(=O)[nH]c(N)nc43)[C@@H](O)C2O)[C@@H](COP(=O)([O-])OP(=O)([O-])OP(=O)([O-])OC[C@H]2O[C@@H]([n+]3cn(C)c4c([O-])nc(N)nc43)C(O)C2O)O[C@H]1n1cnc2c(NCc3ccc(F)cc3)ncnc21. The van der Waals surface area contributed by atoms with Crippen LogP contribution in [-0.2, 0) is 77.5 Å². The van der Waals surface area contributed by atoms with Crippen molar-refractivity contribution in [3.05, 3.63) is 71.3 Å². The van der Waals surface area contributed by atoms with E-state index in [4.69, 9.17) is 44.0 Å². The number of nitrogens with zero attached hydrogens (tertiary/aromatic N) is 11. The second kappa shape index (κ2) is 23.1. The van der Waals surface area contributed by atoms with E-state index in [0.717, 1.165) is 35.2 Å². The standard InChI is InChI=1S/C39H48FN15O24P4/c1-52-14-55(32-22(52)34(61)51-39(42)49-32)36-26(59)24(57)18(75-36)9-72-81(64,65)78-83(68,69)79-82(66,67)73-10-19-27(28(70-2)37(76-19)53-12-46-20-29(44-11-45-30(20)53)43-7-15-3-5-16(40)6-4-15)77-80(62,63)71-8-17-23(56)25(58)35(74-17)54-13-47-21-31(54)48-38(41)50-33(21)60/h3-6,11-14,17-19,23-28,35-37,56-59H,7-10H2,1-2H3,(H10-,41,42,43,44,45,48,49,50,51,60,61,62,63,64,65,66,67,68,69)/p-4/t17-,18-,19-,23?,24?,25+,26?,27?,28+,35-,36-,37-/m1/s1. The Kier molecular flexibility index (Phi) is 16.7. The lowest BCUT2D eigenvalue weighted by molar-refractivity contribution is -0.745. The highest BCUT2D eigenvalue weighted by molar-refractivity contribution is 7.65. The normalized spacial score (nSPS) is 28.6. The molecule has 3 fully saturated rings. The number of H-pyrrole nitrogens is 1. The van der Waals surface area contributed by atoms with Crippen LogP contribution in [0.1, 0.15) is 24.2 Å². The molecule has 0 bridgehead atoms. The fraction of sp³-hybridized carbons (Fsp3) is 0.462. The fourth-order valence-corrected chi connectivity index (χ4v) is 13.4. The minimum absolute atomic E-state index is 0.0241. The Morgan fingerprint density at radius 3 is 2.02 bits per heavy atom. The Morgan fingerprint density at radius 1 is 0.747 bits per heavy atom. The lowest BCUT2D eigenvalue weighted by Gasteiger charge is -2.35. The number of aromatic nitrogens is 12. The third-order valence-electron chi connectivity index (χ3n) is 12.8. The first-order chi connectivity index (χ1) is 39.1. The molecule has 16 atom stereocenters. The lowest BCUT2D eigenvalue weighted by atomic mass is 10.1. The van der Waals surface area contributed by atoms with Crippen molar-refractivity contribution in [2.24, 2.45) is 7.05 Å². The van der Waals surface area contributed by atoms with Crippen LogP contribution in [0.25, 0.3) is 33.5 Å². The molecule has 3 aliphatic heterocycles. The molecule has 0 spiro atoms. The van der Waals surface area contributed by atoms with E-state index in [9.17, 15) is 72.6 Å². The Bertz CT molecular complexity index is 3830. The largest absolute Gasteiger partial charge is 0.856 e. The molecule has 10 N–H and O–H groups in total. The number of nitrogens with one attached hydrogen (secondary N) is 2. The fourth-order valence-electron chi connectivity index (χ4n) is 9.12. The van der Waals surface area contributed by atoms with Gasteiger partial charge in [-0.05, 0) is 17.7 Å². The van der Waals surface area contributed by atoms with Crippen LogP contribution >= 0.6 is 31.3 Å². The zero-order chi connectivity index (χ0) is 59.7. The van der Waals surface area contributed by atoms with Gasteiger partial charge in [0, 0.05) is 19.5 Å². The third-order valence-corrected chi connectivity index (χ3v) is 17.9. The van der Waals surface area contributed by atoms with Crippen LogP contribution in [0.5, 0.6) is 5.88 Å². The van der Waals surface area contributed by atoms with Gasteiger partial charge >= 0.3 is 5.65 Å². The smallest absolute Gasteiger partial charge is 0.309 e. The molecule has 3 saturated heterocycles. The number of nitrogens with two attached hydrogens (primary N) is 2. The summed E-state index contributed by atoms with van der Waals surface area (Å²) in [7, 11) is -22.6. The highest BCUT2D eigenvalue weighted by atomic mass is 31.3. The Morgan fingerprint density at radius 2 is 1.35 bits per heavy atom. The van der Waals surface area contributed by atoms with Gasteiger partial charge in [0.1, 0.15) is 67.1 Å². The van der Waals surface area contributed by atoms with Crippen molar-refractivity contribution < 1.29 is 118 Å². The van der Waals surface area contributed by atoms with Gasteiger partial charge in [0.25, 0.3) is 42.8 Å². The number of methoxy groups -OCH3 is 1. The molecule has 39 nitrogen and oxygen atoms in total. The van der Waals surface area contributed by atoms with Crippen molar-refractivity contribution >= 4 is 82.5 Å². The van der Waals surface area contributed by atoms with Gasteiger partial charge in [-0.2, -0.15) is 4.98 Å². The summed E-state index contributed by atoms with van der Waals surface area (Å²) < 4.78 is 121. The van der Waals surface area contributed by atoms with Crippen LogP contribution in [0.15, 0.2) is 54.4 Å². The number of aryl methyl sites for hydroxylation is 1. The van der Waals surface area contributed by atoms with Crippen molar-refractivity contribution in [3.63, 3.8) is 0 Å². The number of rotatable bonds is 22. The van der Waals surface area contributed by atoms with Crippen LogP contribution in [0.3, 0.4) is 0 Å². The second-order valence-electron chi connectivity index (χ2n) is 18.3. The van der Waals surface area contributed by atoms with E-state index < -0.39 is 148 Å². The number of aromatic amines is 1. The first-order valence-corrected chi connectivity index (χ1v) is 29.6. The molecule has 3 aliphatic rings. The number of phosphoric acid groups is 4. The third kappa shape index (κ3) is 12.6. The molecule has 7 aromatic rings. The van der Waals surface area contributed by atoms with Crippen LogP contribution in [-0.4, -0.2) is 156 Å². The van der Waals surface area contributed by atoms with E-state index in [1.807, 2.05) is 0 Å². The molecule has 83 heavy (non-hydrogen) atoms. The number of aliphatic hydroxyl groups is 4. The Hall–Kier alpha value is -6.00. The average Bonchev–Trinajstić information content (AvgIpc) is 4.48. The molecule has 0 aliphatic carbocycles. The van der Waals surface area contributed by atoms with E-state index in [2.05, 4.69) is 58.3 Å². The minimum atomic E-state index is -6.63. The first-order valence-electron chi connectivity index (χ1n) is 23.7. The van der Waals surface area contributed by atoms with Gasteiger partial charge in [-0.15, -0.1) is 0 Å². The number of ether oxygens (including phenoxy) is 4. The molecule has 0 amide bonds. The van der Waals surface area contributed by atoms with Crippen molar-refractivity contribution in [1.29, 1.82) is 0 Å². The van der Waals surface area contributed by atoms with Crippen molar-refractivity contribution in [1.82, 2.24) is 53.6 Å². The summed E-state index contributed by atoms with van der Waals surface area (Å²) in [6.45, 7) is -3.69. The molecule has 10 rings (SSSR count). The Balaban J connectivity index is 0.829. The molecule has 44 heteroatoms. The summed E-state index contributed by atoms with van der Waals surface area (Å²) in [4.78, 5) is 95.2. The number of hydrogen-bond acceptors (Lipinski definition) is 34. The number of hydrogen-bond donors (Lipinski definition) is 8. The number of aliphatic hydroxyl groups excluding tert-OH is 4. The number of imidazole rings is 3. The molecule has 6 aromatic heterocycles. The minimum Gasteiger partial charge on any atom is -0.856 e. The summed E-state index contributed by atoms with van der Waals surface area (Å²) >= 11 is 0. The molecule has 0 radical (unpaired) electrons. The summed E-state index contributed by atoms with van der Waals surface area (Å²) in [5, 5.41) is 58.7. The van der Waals surface area contributed by atoms with E-state index in [0.29, 0.717) is 5.56 Å². The topological polar surface area (TPSA) is 563 Å². The molecular formula is C39H44FN15O24P4-4. The Labute approximate surface area is 461 Å². The number of nitrogen functional groups attached to an aromatic ring is 2. The molecule has 0 saturated carbocycles. The van der Waals surface area contributed by atoms with E-state index in [-0.39, 0.29) is 51.8 Å². The zero-order valence-electron chi connectivity index (χ0n) is 42.1. The van der Waals surface area contributed by atoms with Crippen LogP contribution in [0.2, 0.25) is 0 Å². The van der Waals surface area contributed by atoms with Crippen LogP contribution in [0, 0.1) is 5.82 Å². The molecule has 1 aromatic carbocycles. The molecule has 8 unspecified atom stereocenters. The average molecular weight is 1250 g/mol. The maximum absolute atomic E-state index is 13.7. The number of anilines is 3. The van der Waals surface area contributed by atoms with E-state index in [1.54, 1.807) is 0 Å². The van der Waals surface area contributed by atoms with Gasteiger partial charge in [-0.1, -0.05) is 17.1 Å². The first kappa shape index (κ1) is 60.1. The highest BCUT2D eigenvalue weighted by Crippen LogP contribution is 2.63. The van der Waals surface area contributed by atoms with Gasteiger partial charge < -0.3 is 98.9 Å². The summed E-state index contributed by atoms with van der Waals surface area (Å²) in [6, 6.07) is 5.47. The molecule has 9 heterocycles. The van der Waals surface area contributed by atoms with Crippen LogP contribution < -0.4 is 51.6 Å². The van der Waals surface area contributed by atoms with E-state index >= 15 is 0 Å². The zero-order valence-corrected chi connectivity index (χ0v) is 45.6. The van der Waals surface area contributed by atoms with Gasteiger partial charge in [0.2, 0.25) is 12.2 Å². The van der Waals surface area contributed by atoms with E-state index in [1.165, 1.54) is 46.8 Å². The predicted molar refractivity (Wildman–Crippen MR) is 256 cm³/mol. The van der Waals surface area contributed by atoms with Crippen molar-refractivity contribution in [3.8, 4) is 5.88 Å². The van der Waals surface area contributed by atoms with Gasteiger partial charge in [-0.25, -0.2) is 42.5 Å². The second-order valence-corrected chi connectivity index (χ2v) is 24.1. The van der Waals surface area contributed by atoms with Gasteiger partial charge in [-0.3, -0.25) is 41.7 Å². The summed E-state index contributed by atoms with van der Waals surface area (Å²) in [6.07, 6.45) is -17.0. The van der Waals surface area contributed by atoms with Crippen molar-refractivity contribution in [2.75, 3.05) is 43.7 Å². The highest BCUT2D eigenvalue weighted by Gasteiger charge is 2.51. The predicted octanol–water partition coefficient (Wildman–Crippen LogP) is -5.29. The number of halogens is 1. The molecular weight excluding hydrogens is 1210 g/mol. The maximum Gasteiger partial charge on any atom is 0.309 e. The number of fused-ring (bicyclic) bond motifs is 3. The summed E-state index contributed by atoms with van der Waals surface area (Å²) in [5.74, 6) is -1.97. The van der Waals surface area contributed by atoms with Crippen LogP contribution in [0.4, 0.5) is 22.1 Å². The lowest BCUT2D eigenvalue weighted by Crippen LogP contribution is -2.46. The number of benzene rings is 1. The number of phosphoric ester groups is 3. The summed E-state index contributed by atoms with van der Waals surface area (Å²) in [5.41, 5.74) is 10.5. The van der Waals surface area contributed by atoms with Gasteiger partial charge in [0.05, 0.1) is 39.5 Å². The quantitative estimate of drug-likeness (QED) is 0.0232. The molecule has 450 valence electrons. The van der Waals surface area contributed by atoms with Crippen molar-refractivity contribution in [2.45, 2.75) is 80.2 Å². The van der Waals surface area contributed by atoms with Gasteiger partial charge in [0.15, 0.2) is 52.4 Å². The maximum atomic E-state index is 13.7.